The number of unbranched alkanes of at least 4 members (excludes halogenated alkanes) is 4. The van der Waals surface area contributed by atoms with Gasteiger partial charge in [0.1, 0.15) is 5.15 Å². The third kappa shape index (κ3) is 4.43. The average Bonchev–Trinajstić information content (AvgIpc) is 2.49. The molecule has 0 saturated carbocycles. The molecule has 4 heteroatoms. The van der Waals surface area contributed by atoms with Crippen LogP contribution in [0, 0.1) is 0 Å². The van der Waals surface area contributed by atoms with Crippen molar-refractivity contribution in [3.8, 4) is 0 Å². The second-order valence-corrected chi connectivity index (χ2v) is 5.45. The topological polar surface area (TPSA) is 39.2 Å². The molecule has 0 spiro atoms. The molecule has 1 heterocycles. The van der Waals surface area contributed by atoms with Gasteiger partial charge in [-0.1, -0.05) is 62.4 Å². The Hall–Kier alpha value is -1.61. The van der Waals surface area contributed by atoms with Gasteiger partial charge in [0.05, 0.1) is 17.7 Å². The molecule has 0 aliphatic carbocycles. The average molecular weight is 306 g/mol. The standard InChI is InChI=1S/C17H20ClNO2/c1-2-3-4-5-8-11-21-17(20)14-12-16(18)19-15-10-7-6-9-13(14)15/h6-7,9-10,12H,2-5,8,11H2,1H3. The lowest BCUT2D eigenvalue weighted by Crippen LogP contribution is -2.07. The molecule has 0 fully saturated rings. The van der Waals surface area contributed by atoms with Crippen LogP contribution in [0.2, 0.25) is 5.15 Å². The van der Waals surface area contributed by atoms with Crippen molar-refractivity contribution in [2.45, 2.75) is 39.0 Å². The quantitative estimate of drug-likeness (QED) is 0.410. The van der Waals surface area contributed by atoms with Crippen LogP contribution in [0.4, 0.5) is 0 Å². The lowest BCUT2D eigenvalue weighted by molar-refractivity contribution is 0.0500. The number of para-hydroxylation sites is 1. The summed E-state index contributed by atoms with van der Waals surface area (Å²) in [5, 5.41) is 1.08. The molecule has 0 bridgehead atoms. The first-order chi connectivity index (χ1) is 10.2. The van der Waals surface area contributed by atoms with Gasteiger partial charge in [0, 0.05) is 5.39 Å². The monoisotopic (exact) mass is 305 g/mol. The summed E-state index contributed by atoms with van der Waals surface area (Å²) < 4.78 is 5.35. The second-order valence-electron chi connectivity index (χ2n) is 5.06. The number of hydrogen-bond donors (Lipinski definition) is 0. The van der Waals surface area contributed by atoms with Gasteiger partial charge in [0.15, 0.2) is 0 Å². The Morgan fingerprint density at radius 3 is 2.76 bits per heavy atom. The Labute approximate surface area is 130 Å². The molecule has 0 unspecified atom stereocenters. The molecular formula is C17H20ClNO2. The van der Waals surface area contributed by atoms with E-state index >= 15 is 0 Å². The number of carbonyl (C=O) groups excluding carboxylic acids is 1. The van der Waals surface area contributed by atoms with Crippen LogP contribution in [0.5, 0.6) is 0 Å². The third-order valence-electron chi connectivity index (χ3n) is 3.39. The predicted octanol–water partition coefficient (Wildman–Crippen LogP) is 5.02. The Bertz CT molecular complexity index is 613. The van der Waals surface area contributed by atoms with Crippen molar-refractivity contribution >= 4 is 28.5 Å². The molecule has 2 aromatic rings. The lowest BCUT2D eigenvalue weighted by Gasteiger charge is -2.08. The van der Waals surface area contributed by atoms with Gasteiger partial charge in [-0.3, -0.25) is 0 Å². The normalized spacial score (nSPS) is 10.8. The number of aromatic nitrogens is 1. The van der Waals surface area contributed by atoms with Crippen LogP contribution in [0.1, 0.15) is 49.4 Å². The highest BCUT2D eigenvalue weighted by molar-refractivity contribution is 6.30. The minimum Gasteiger partial charge on any atom is -0.462 e. The van der Waals surface area contributed by atoms with Crippen LogP contribution in [0.15, 0.2) is 30.3 Å². The van der Waals surface area contributed by atoms with Crippen molar-refractivity contribution in [1.82, 2.24) is 4.98 Å². The van der Waals surface area contributed by atoms with Crippen molar-refractivity contribution in [2.24, 2.45) is 0 Å². The molecule has 2 rings (SSSR count). The molecule has 0 saturated heterocycles. The van der Waals surface area contributed by atoms with Gasteiger partial charge in [-0.25, -0.2) is 9.78 Å². The SMILES string of the molecule is CCCCCCCOC(=O)c1cc(Cl)nc2ccccc12. The number of ether oxygens (including phenoxy) is 1. The van der Waals surface area contributed by atoms with Crippen molar-refractivity contribution in [2.75, 3.05) is 6.61 Å². The summed E-state index contributed by atoms with van der Waals surface area (Å²) in [6.07, 6.45) is 5.64. The first-order valence-corrected chi connectivity index (χ1v) is 7.82. The molecule has 0 aliphatic heterocycles. The number of esters is 1. The summed E-state index contributed by atoms with van der Waals surface area (Å²) in [7, 11) is 0. The number of carbonyl (C=O) groups is 1. The maximum atomic E-state index is 12.2. The molecule has 0 atom stereocenters. The van der Waals surface area contributed by atoms with Gasteiger partial charge >= 0.3 is 5.97 Å². The highest BCUT2D eigenvalue weighted by atomic mass is 35.5. The smallest absolute Gasteiger partial charge is 0.338 e. The zero-order valence-corrected chi connectivity index (χ0v) is 13.0. The maximum Gasteiger partial charge on any atom is 0.338 e. The van der Waals surface area contributed by atoms with Crippen molar-refractivity contribution in [1.29, 1.82) is 0 Å². The molecule has 0 radical (unpaired) electrons. The summed E-state index contributed by atoms with van der Waals surface area (Å²) in [6, 6.07) is 9.01. The molecule has 0 amide bonds. The van der Waals surface area contributed by atoms with Crippen molar-refractivity contribution in [3.63, 3.8) is 0 Å². The van der Waals surface area contributed by atoms with E-state index in [2.05, 4.69) is 11.9 Å². The van der Waals surface area contributed by atoms with Gasteiger partial charge in [-0.2, -0.15) is 0 Å². The highest BCUT2D eigenvalue weighted by Gasteiger charge is 2.13. The Balaban J connectivity index is 1.99. The van der Waals surface area contributed by atoms with Crippen LogP contribution in [0.25, 0.3) is 10.9 Å². The summed E-state index contributed by atoms with van der Waals surface area (Å²) >= 11 is 5.97. The number of halogens is 1. The minimum absolute atomic E-state index is 0.309. The fraction of sp³-hybridized carbons (Fsp3) is 0.412. The van der Waals surface area contributed by atoms with Crippen LogP contribution >= 0.6 is 11.6 Å². The maximum absolute atomic E-state index is 12.2. The number of hydrogen-bond acceptors (Lipinski definition) is 3. The first kappa shape index (κ1) is 15.8. The largest absolute Gasteiger partial charge is 0.462 e. The summed E-state index contributed by atoms with van der Waals surface area (Å²) in [6.45, 7) is 2.63. The lowest BCUT2D eigenvalue weighted by atomic mass is 10.1. The molecule has 0 aliphatic rings. The number of nitrogens with zero attached hydrogens (tertiary/aromatic N) is 1. The van der Waals surface area contributed by atoms with Crippen LogP contribution in [0.3, 0.4) is 0 Å². The van der Waals surface area contributed by atoms with Gasteiger partial charge in [-0.05, 0) is 18.6 Å². The number of rotatable bonds is 7. The molecule has 21 heavy (non-hydrogen) atoms. The van der Waals surface area contributed by atoms with Gasteiger partial charge in [0.2, 0.25) is 0 Å². The van der Waals surface area contributed by atoms with E-state index in [1.54, 1.807) is 6.07 Å². The molecular weight excluding hydrogens is 286 g/mol. The van der Waals surface area contributed by atoms with E-state index < -0.39 is 0 Å². The van der Waals surface area contributed by atoms with E-state index in [1.807, 2.05) is 24.3 Å². The summed E-state index contributed by atoms with van der Waals surface area (Å²) in [5.41, 5.74) is 1.19. The van der Waals surface area contributed by atoms with E-state index in [1.165, 1.54) is 19.3 Å². The second kappa shape index (κ2) is 7.99. The first-order valence-electron chi connectivity index (χ1n) is 7.44. The van der Waals surface area contributed by atoms with Crippen LogP contribution < -0.4 is 0 Å². The minimum atomic E-state index is -0.328. The van der Waals surface area contributed by atoms with Gasteiger partial charge in [0.25, 0.3) is 0 Å². The van der Waals surface area contributed by atoms with Gasteiger partial charge < -0.3 is 4.74 Å². The van der Waals surface area contributed by atoms with E-state index in [0.717, 1.165) is 18.2 Å². The molecule has 0 N–H and O–H groups in total. The predicted molar refractivity (Wildman–Crippen MR) is 85.8 cm³/mol. The number of fused-ring (bicyclic) bond motifs is 1. The zero-order chi connectivity index (χ0) is 15.1. The third-order valence-corrected chi connectivity index (χ3v) is 3.58. The van der Waals surface area contributed by atoms with Crippen LogP contribution in [-0.4, -0.2) is 17.6 Å². The molecule has 1 aromatic carbocycles. The summed E-state index contributed by atoms with van der Waals surface area (Å²) in [4.78, 5) is 16.4. The van der Waals surface area contributed by atoms with Gasteiger partial charge in [-0.15, -0.1) is 0 Å². The Morgan fingerprint density at radius 2 is 1.95 bits per heavy atom. The fourth-order valence-electron chi connectivity index (χ4n) is 2.26. The molecule has 3 nitrogen and oxygen atoms in total. The van der Waals surface area contributed by atoms with Crippen LogP contribution in [-0.2, 0) is 4.74 Å². The fourth-order valence-corrected chi connectivity index (χ4v) is 2.46. The summed E-state index contributed by atoms with van der Waals surface area (Å²) in [5.74, 6) is -0.328. The van der Waals surface area contributed by atoms with E-state index in [0.29, 0.717) is 22.8 Å². The Kier molecular flexibility index (Phi) is 6.00. The number of pyridine rings is 1. The number of benzene rings is 1. The van der Waals surface area contributed by atoms with Crippen molar-refractivity contribution in [3.05, 3.63) is 41.0 Å². The highest BCUT2D eigenvalue weighted by Crippen LogP contribution is 2.21. The zero-order valence-electron chi connectivity index (χ0n) is 12.3. The van der Waals surface area contributed by atoms with E-state index in [4.69, 9.17) is 16.3 Å². The molecule has 112 valence electrons. The van der Waals surface area contributed by atoms with E-state index in [-0.39, 0.29) is 5.97 Å². The molecule has 1 aromatic heterocycles. The Morgan fingerprint density at radius 1 is 1.19 bits per heavy atom. The van der Waals surface area contributed by atoms with E-state index in [9.17, 15) is 4.79 Å². The van der Waals surface area contributed by atoms with Crippen molar-refractivity contribution < 1.29 is 9.53 Å².